The van der Waals surface area contributed by atoms with Crippen molar-refractivity contribution in [3.8, 4) is 0 Å². The first-order valence-corrected chi connectivity index (χ1v) is 43.0. The lowest BCUT2D eigenvalue weighted by Crippen LogP contribution is -2.30. The SMILES string of the molecule is CCCCCC/C=C\C=C/CCCCCCCC(=O)OC[C@H](COP(=O)(O)OC[C@@H](O)COP(=O)(O)OC[C@@H](COC(=O)CCCCCCCCCCCC)OC(=O)CCCCCCCCCCCC)OC(=O)CCCCCCCCCCCCCCCCCCCCC(C)CC. The molecule has 97 heavy (non-hydrogen) atoms. The van der Waals surface area contributed by atoms with E-state index in [9.17, 15) is 43.2 Å². The van der Waals surface area contributed by atoms with Crippen molar-refractivity contribution in [3.05, 3.63) is 24.3 Å². The summed E-state index contributed by atoms with van der Waals surface area (Å²) in [5.41, 5.74) is 0. The van der Waals surface area contributed by atoms with Crippen molar-refractivity contribution in [2.24, 2.45) is 5.92 Å². The number of phosphoric acid groups is 2. The summed E-state index contributed by atoms with van der Waals surface area (Å²) in [4.78, 5) is 72.7. The fraction of sp³-hybridized carbons (Fsp3) is 0.897. The van der Waals surface area contributed by atoms with E-state index in [4.69, 9.17) is 37.0 Å². The predicted octanol–water partition coefficient (Wildman–Crippen LogP) is 22.8. The van der Waals surface area contributed by atoms with Crippen molar-refractivity contribution in [3.63, 3.8) is 0 Å². The Morgan fingerprint density at radius 2 is 0.577 bits per heavy atom. The molecule has 0 saturated carbocycles. The maximum absolute atomic E-state index is 13.1. The van der Waals surface area contributed by atoms with Crippen LogP contribution in [0.15, 0.2) is 24.3 Å². The first-order chi connectivity index (χ1) is 47.1. The van der Waals surface area contributed by atoms with E-state index in [2.05, 4.69) is 58.9 Å². The summed E-state index contributed by atoms with van der Waals surface area (Å²) < 4.78 is 68.5. The number of unbranched alkanes of at least 4 members (excludes halogenated alkanes) is 44. The molecule has 572 valence electrons. The smallest absolute Gasteiger partial charge is 0.462 e. The maximum atomic E-state index is 13.1. The minimum atomic E-state index is -4.97. The van der Waals surface area contributed by atoms with Gasteiger partial charge in [-0.05, 0) is 57.3 Å². The van der Waals surface area contributed by atoms with E-state index in [1.165, 1.54) is 193 Å². The molecule has 0 aromatic heterocycles. The zero-order valence-electron chi connectivity index (χ0n) is 62.7. The second kappa shape index (κ2) is 70.6. The van der Waals surface area contributed by atoms with Crippen molar-refractivity contribution in [2.75, 3.05) is 39.6 Å². The third-order valence-corrected chi connectivity index (χ3v) is 19.9. The second-order valence-electron chi connectivity index (χ2n) is 27.7. The molecule has 0 fully saturated rings. The van der Waals surface area contributed by atoms with Crippen LogP contribution in [0.2, 0.25) is 0 Å². The summed E-state index contributed by atoms with van der Waals surface area (Å²) in [6.07, 6.45) is 63.2. The van der Waals surface area contributed by atoms with Crippen LogP contribution in [-0.2, 0) is 65.4 Å². The number of allylic oxidation sites excluding steroid dienone is 4. The van der Waals surface area contributed by atoms with Gasteiger partial charge in [-0.3, -0.25) is 37.3 Å². The fourth-order valence-corrected chi connectivity index (χ4v) is 13.1. The Labute approximate surface area is 592 Å². The fourth-order valence-electron chi connectivity index (χ4n) is 11.5. The first kappa shape index (κ1) is 94.5. The quantitative estimate of drug-likeness (QED) is 0.0169. The van der Waals surface area contributed by atoms with Gasteiger partial charge >= 0.3 is 39.5 Å². The molecule has 17 nitrogen and oxygen atoms in total. The lowest BCUT2D eigenvalue weighted by molar-refractivity contribution is -0.161. The van der Waals surface area contributed by atoms with Gasteiger partial charge in [-0.25, -0.2) is 9.13 Å². The highest BCUT2D eigenvalue weighted by molar-refractivity contribution is 7.47. The van der Waals surface area contributed by atoms with Crippen molar-refractivity contribution in [2.45, 2.75) is 406 Å². The van der Waals surface area contributed by atoms with Crippen LogP contribution in [0.1, 0.15) is 388 Å². The standard InChI is InChI=1S/C78H148O17P2/c1-6-10-13-16-19-22-25-26-31-35-38-43-47-52-57-62-76(81)89-68-74(95-78(83)64-59-54-49-44-39-36-33-30-28-27-29-32-34-37-40-45-50-55-60-71(5)9-4)70-93-97(86,87)91-66-72(79)65-90-96(84,85)92-69-73(94-77(82)63-58-53-48-42-24-21-18-15-12-8-3)67-88-75(80)61-56-51-46-41-23-20-17-14-11-7-2/h22,25-26,31,71-74,79H,6-21,23-24,27-30,32-70H2,1-5H3,(H,84,85)(H,86,87)/b25-22-,31-26-/t71?,72-,73+,74+/m0/s1. The van der Waals surface area contributed by atoms with Crippen LogP contribution in [0.4, 0.5) is 0 Å². The molecule has 0 aliphatic rings. The number of esters is 4. The second-order valence-corrected chi connectivity index (χ2v) is 30.6. The molecule has 0 aromatic rings. The Kier molecular flexibility index (Phi) is 68.8. The molecule has 0 saturated heterocycles. The number of carbonyl (C=O) groups is 4. The number of hydrogen-bond donors (Lipinski definition) is 3. The van der Waals surface area contributed by atoms with Crippen LogP contribution >= 0.6 is 15.6 Å². The van der Waals surface area contributed by atoms with Gasteiger partial charge in [-0.1, -0.05) is 335 Å². The molecular formula is C78H148O17P2. The molecular weight excluding hydrogens is 1270 g/mol. The van der Waals surface area contributed by atoms with Gasteiger partial charge in [0.25, 0.3) is 0 Å². The minimum absolute atomic E-state index is 0.102. The van der Waals surface area contributed by atoms with Gasteiger partial charge in [0.1, 0.15) is 19.3 Å². The molecule has 0 amide bonds. The summed E-state index contributed by atoms with van der Waals surface area (Å²) in [5, 5.41) is 10.6. The minimum Gasteiger partial charge on any atom is -0.462 e. The van der Waals surface area contributed by atoms with Crippen molar-refractivity contribution in [1.29, 1.82) is 0 Å². The molecule has 6 atom stereocenters. The van der Waals surface area contributed by atoms with Crippen LogP contribution in [0.3, 0.4) is 0 Å². The van der Waals surface area contributed by atoms with Crippen molar-refractivity contribution < 1.29 is 80.2 Å². The van der Waals surface area contributed by atoms with E-state index < -0.39 is 97.5 Å². The van der Waals surface area contributed by atoms with Crippen LogP contribution in [0, 0.1) is 5.92 Å². The van der Waals surface area contributed by atoms with E-state index in [-0.39, 0.29) is 25.7 Å². The Morgan fingerprint density at radius 3 is 0.876 bits per heavy atom. The van der Waals surface area contributed by atoms with Crippen LogP contribution in [0.25, 0.3) is 0 Å². The Bertz CT molecular complexity index is 1950. The Morgan fingerprint density at radius 1 is 0.330 bits per heavy atom. The average molecular weight is 1420 g/mol. The summed E-state index contributed by atoms with van der Waals surface area (Å²) in [7, 11) is -9.92. The molecule has 3 N–H and O–H groups in total. The number of carbonyl (C=O) groups excluding carboxylic acids is 4. The maximum Gasteiger partial charge on any atom is 0.472 e. The molecule has 0 bridgehead atoms. The highest BCUT2D eigenvalue weighted by Gasteiger charge is 2.30. The summed E-state index contributed by atoms with van der Waals surface area (Å²) in [6.45, 7) is 7.28. The normalized spacial score (nSPS) is 14.4. The molecule has 0 heterocycles. The first-order valence-electron chi connectivity index (χ1n) is 40.0. The summed E-state index contributed by atoms with van der Waals surface area (Å²) in [6, 6.07) is 0. The summed E-state index contributed by atoms with van der Waals surface area (Å²) in [5.74, 6) is -1.27. The molecule has 0 aromatic carbocycles. The van der Waals surface area contributed by atoms with Gasteiger partial charge < -0.3 is 33.8 Å². The Balaban J connectivity index is 5.21. The van der Waals surface area contributed by atoms with Crippen LogP contribution in [0.5, 0.6) is 0 Å². The number of aliphatic hydroxyl groups is 1. The molecule has 19 heteroatoms. The molecule has 0 aliphatic carbocycles. The largest absolute Gasteiger partial charge is 0.472 e. The monoisotopic (exact) mass is 1420 g/mol. The Hall–Kier alpha value is -2.46. The zero-order valence-corrected chi connectivity index (χ0v) is 64.5. The van der Waals surface area contributed by atoms with Crippen LogP contribution in [-0.4, -0.2) is 96.7 Å². The lowest BCUT2D eigenvalue weighted by atomic mass is 9.99. The number of ether oxygens (including phenoxy) is 4. The van der Waals surface area contributed by atoms with Gasteiger partial charge in [0.05, 0.1) is 26.4 Å². The van der Waals surface area contributed by atoms with Crippen LogP contribution < -0.4 is 0 Å². The summed E-state index contributed by atoms with van der Waals surface area (Å²) >= 11 is 0. The van der Waals surface area contributed by atoms with E-state index >= 15 is 0 Å². The number of aliphatic hydroxyl groups excluding tert-OH is 1. The number of hydrogen-bond acceptors (Lipinski definition) is 15. The van der Waals surface area contributed by atoms with Gasteiger partial charge in [0.15, 0.2) is 12.2 Å². The number of phosphoric ester groups is 2. The van der Waals surface area contributed by atoms with Crippen molar-refractivity contribution >= 4 is 39.5 Å². The van der Waals surface area contributed by atoms with E-state index in [0.29, 0.717) is 25.7 Å². The van der Waals surface area contributed by atoms with Gasteiger partial charge in [0.2, 0.25) is 0 Å². The average Bonchev–Trinajstić information content (AvgIpc) is 1.40. The third-order valence-electron chi connectivity index (χ3n) is 18.0. The van der Waals surface area contributed by atoms with E-state index in [1.807, 2.05) is 0 Å². The third kappa shape index (κ3) is 70.4. The van der Waals surface area contributed by atoms with E-state index in [1.54, 1.807) is 0 Å². The zero-order chi connectivity index (χ0) is 71.2. The molecule has 0 radical (unpaired) electrons. The number of rotatable bonds is 76. The molecule has 0 aliphatic heterocycles. The van der Waals surface area contributed by atoms with E-state index in [0.717, 1.165) is 115 Å². The lowest BCUT2D eigenvalue weighted by Gasteiger charge is -2.21. The molecule has 3 unspecified atom stereocenters. The highest BCUT2D eigenvalue weighted by Crippen LogP contribution is 2.45. The highest BCUT2D eigenvalue weighted by atomic mass is 31.2. The van der Waals surface area contributed by atoms with Gasteiger partial charge in [-0.15, -0.1) is 0 Å². The van der Waals surface area contributed by atoms with Gasteiger partial charge in [0, 0.05) is 25.7 Å². The molecule has 0 rings (SSSR count). The molecule has 0 spiro atoms. The van der Waals surface area contributed by atoms with Gasteiger partial charge in [-0.2, -0.15) is 0 Å². The van der Waals surface area contributed by atoms with Crippen molar-refractivity contribution in [1.82, 2.24) is 0 Å². The topological polar surface area (TPSA) is 237 Å². The predicted molar refractivity (Wildman–Crippen MR) is 395 cm³/mol.